The monoisotopic (exact) mass is 265 g/mol. The predicted octanol–water partition coefficient (Wildman–Crippen LogP) is 2.46. The van der Waals surface area contributed by atoms with Crippen molar-refractivity contribution in [3.05, 3.63) is 35.8 Å². The van der Waals surface area contributed by atoms with E-state index in [1.54, 1.807) is 12.1 Å². The Bertz CT molecular complexity index is 579. The fraction of sp³-hybridized carbons (Fsp3) is 0.357. The van der Waals surface area contributed by atoms with Gasteiger partial charge in [0, 0.05) is 11.9 Å². The molecule has 4 nitrogen and oxygen atoms in total. The van der Waals surface area contributed by atoms with Crippen LogP contribution < -0.4 is 5.32 Å². The van der Waals surface area contributed by atoms with Gasteiger partial charge in [-0.05, 0) is 18.6 Å². The molecule has 1 heterocycles. The van der Waals surface area contributed by atoms with Crippen molar-refractivity contribution in [1.29, 1.82) is 0 Å². The zero-order valence-electron chi connectivity index (χ0n) is 10.6. The quantitative estimate of drug-likeness (QED) is 0.873. The second kappa shape index (κ2) is 5.84. The van der Waals surface area contributed by atoms with Gasteiger partial charge in [0.2, 0.25) is 0 Å². The van der Waals surface area contributed by atoms with Gasteiger partial charge in [-0.3, -0.25) is 4.79 Å². The molecule has 1 atom stereocenters. The van der Waals surface area contributed by atoms with Gasteiger partial charge in [-0.25, -0.2) is 4.39 Å². The van der Waals surface area contributed by atoms with Crippen LogP contribution in [0.2, 0.25) is 0 Å². The van der Waals surface area contributed by atoms with E-state index in [1.165, 1.54) is 12.1 Å². The second-order valence-electron chi connectivity index (χ2n) is 4.42. The van der Waals surface area contributed by atoms with Gasteiger partial charge < -0.3 is 14.8 Å². The molecule has 0 spiro atoms. The maximum absolute atomic E-state index is 13.4. The summed E-state index contributed by atoms with van der Waals surface area (Å²) in [4.78, 5) is 11.8. The highest BCUT2D eigenvalue weighted by Gasteiger charge is 2.15. The Morgan fingerprint density at radius 2 is 2.32 bits per heavy atom. The molecule has 1 aromatic heterocycles. The van der Waals surface area contributed by atoms with Crippen molar-refractivity contribution in [1.82, 2.24) is 5.32 Å². The van der Waals surface area contributed by atoms with Crippen LogP contribution in [0.5, 0.6) is 0 Å². The Labute approximate surface area is 110 Å². The van der Waals surface area contributed by atoms with Crippen LogP contribution in [-0.4, -0.2) is 23.7 Å². The number of para-hydroxylation sites is 1. The van der Waals surface area contributed by atoms with Gasteiger partial charge in [-0.2, -0.15) is 0 Å². The number of benzene rings is 1. The average Bonchev–Trinajstić information content (AvgIpc) is 2.82. The average molecular weight is 265 g/mol. The highest BCUT2D eigenvalue weighted by Crippen LogP contribution is 2.21. The molecule has 0 aliphatic rings. The number of halogens is 1. The molecule has 0 bridgehead atoms. The first kappa shape index (κ1) is 13.5. The zero-order chi connectivity index (χ0) is 13.8. The van der Waals surface area contributed by atoms with E-state index in [-0.39, 0.29) is 17.9 Å². The molecule has 1 unspecified atom stereocenters. The lowest BCUT2D eigenvalue weighted by Crippen LogP contribution is -2.31. The zero-order valence-corrected chi connectivity index (χ0v) is 10.6. The number of rotatable bonds is 5. The van der Waals surface area contributed by atoms with E-state index in [9.17, 15) is 14.3 Å². The molecule has 0 saturated carbocycles. The second-order valence-corrected chi connectivity index (χ2v) is 4.42. The van der Waals surface area contributed by atoms with Gasteiger partial charge in [0.15, 0.2) is 17.2 Å². The summed E-state index contributed by atoms with van der Waals surface area (Å²) in [5.74, 6) is -0.905. The van der Waals surface area contributed by atoms with E-state index >= 15 is 0 Å². The lowest BCUT2D eigenvalue weighted by molar-refractivity contribution is 0.0885. The summed E-state index contributed by atoms with van der Waals surface area (Å²) in [6.45, 7) is 2.11. The van der Waals surface area contributed by atoms with E-state index in [0.29, 0.717) is 11.8 Å². The van der Waals surface area contributed by atoms with Crippen LogP contribution in [0.15, 0.2) is 28.7 Å². The fourth-order valence-corrected chi connectivity index (χ4v) is 1.87. The molecule has 0 aliphatic carbocycles. The third-order valence-corrected chi connectivity index (χ3v) is 2.84. The minimum absolute atomic E-state index is 0.0452. The number of carbonyl (C=O) groups is 1. The summed E-state index contributed by atoms with van der Waals surface area (Å²) in [7, 11) is 0. The van der Waals surface area contributed by atoms with Crippen LogP contribution in [0.25, 0.3) is 11.0 Å². The van der Waals surface area contributed by atoms with Crippen LogP contribution in [0.1, 0.15) is 30.3 Å². The summed E-state index contributed by atoms with van der Waals surface area (Å²) in [5.41, 5.74) is 0.0711. The molecular formula is C14H16FNO3. The van der Waals surface area contributed by atoms with Gasteiger partial charge in [-0.15, -0.1) is 0 Å². The SMILES string of the molecule is CCCC(O)CNC(=O)c1cc2cccc(F)c2o1. The molecule has 0 saturated heterocycles. The van der Waals surface area contributed by atoms with Crippen LogP contribution in [-0.2, 0) is 0 Å². The van der Waals surface area contributed by atoms with E-state index in [4.69, 9.17) is 4.42 Å². The molecule has 102 valence electrons. The Hall–Kier alpha value is -1.88. The van der Waals surface area contributed by atoms with Gasteiger partial charge in [0.1, 0.15) is 0 Å². The minimum atomic E-state index is -0.574. The maximum atomic E-state index is 13.4. The van der Waals surface area contributed by atoms with Crippen molar-refractivity contribution in [3.8, 4) is 0 Å². The Balaban J connectivity index is 2.07. The third-order valence-electron chi connectivity index (χ3n) is 2.84. The van der Waals surface area contributed by atoms with Crippen LogP contribution in [0.3, 0.4) is 0 Å². The van der Waals surface area contributed by atoms with E-state index in [1.807, 2.05) is 6.92 Å². The number of aliphatic hydroxyl groups excluding tert-OH is 1. The van der Waals surface area contributed by atoms with Gasteiger partial charge in [-0.1, -0.05) is 25.5 Å². The summed E-state index contributed by atoms with van der Waals surface area (Å²) in [5, 5.41) is 12.6. The standard InChI is InChI=1S/C14H16FNO3/c1-2-4-10(17)8-16-14(18)12-7-9-5-3-6-11(15)13(9)19-12/h3,5-7,10,17H,2,4,8H2,1H3,(H,16,18). The fourth-order valence-electron chi connectivity index (χ4n) is 1.87. The molecule has 0 fully saturated rings. The van der Waals surface area contributed by atoms with E-state index in [2.05, 4.69) is 5.32 Å². The molecular weight excluding hydrogens is 249 g/mol. The predicted molar refractivity (Wildman–Crippen MR) is 69.4 cm³/mol. The highest BCUT2D eigenvalue weighted by atomic mass is 19.1. The topological polar surface area (TPSA) is 62.5 Å². The maximum Gasteiger partial charge on any atom is 0.287 e. The molecule has 2 rings (SSSR count). The van der Waals surface area contributed by atoms with E-state index in [0.717, 1.165) is 6.42 Å². The molecule has 0 aliphatic heterocycles. The number of carbonyl (C=O) groups excluding carboxylic acids is 1. The first-order valence-corrected chi connectivity index (χ1v) is 6.26. The summed E-state index contributed by atoms with van der Waals surface area (Å²) >= 11 is 0. The summed E-state index contributed by atoms with van der Waals surface area (Å²) in [6, 6.07) is 5.99. The van der Waals surface area contributed by atoms with Crippen molar-refractivity contribution in [2.75, 3.05) is 6.54 Å². The molecule has 19 heavy (non-hydrogen) atoms. The Morgan fingerprint density at radius 1 is 1.53 bits per heavy atom. The molecule has 2 N–H and O–H groups in total. The van der Waals surface area contributed by atoms with Crippen molar-refractivity contribution >= 4 is 16.9 Å². The van der Waals surface area contributed by atoms with E-state index < -0.39 is 17.8 Å². The number of fused-ring (bicyclic) bond motifs is 1. The normalized spacial score (nSPS) is 12.6. The first-order valence-electron chi connectivity index (χ1n) is 6.26. The van der Waals surface area contributed by atoms with Crippen molar-refractivity contribution < 1.29 is 18.7 Å². The lowest BCUT2D eigenvalue weighted by atomic mass is 10.2. The Kier molecular flexibility index (Phi) is 4.16. The largest absolute Gasteiger partial charge is 0.448 e. The number of hydrogen-bond donors (Lipinski definition) is 2. The van der Waals surface area contributed by atoms with Gasteiger partial charge >= 0.3 is 0 Å². The van der Waals surface area contributed by atoms with Crippen molar-refractivity contribution in [3.63, 3.8) is 0 Å². The smallest absolute Gasteiger partial charge is 0.287 e. The number of aliphatic hydroxyl groups is 1. The Morgan fingerprint density at radius 3 is 3.00 bits per heavy atom. The van der Waals surface area contributed by atoms with Crippen molar-refractivity contribution in [2.24, 2.45) is 0 Å². The lowest BCUT2D eigenvalue weighted by Gasteiger charge is -2.09. The number of furan rings is 1. The van der Waals surface area contributed by atoms with Gasteiger partial charge in [0.05, 0.1) is 6.10 Å². The van der Waals surface area contributed by atoms with Crippen LogP contribution >= 0.6 is 0 Å². The first-order chi connectivity index (χ1) is 9.11. The molecule has 1 aromatic carbocycles. The number of hydrogen-bond acceptors (Lipinski definition) is 3. The molecule has 0 radical (unpaired) electrons. The number of nitrogens with one attached hydrogen (secondary N) is 1. The van der Waals surface area contributed by atoms with Crippen molar-refractivity contribution in [2.45, 2.75) is 25.9 Å². The van der Waals surface area contributed by atoms with Gasteiger partial charge in [0.25, 0.3) is 5.91 Å². The number of amides is 1. The molecule has 2 aromatic rings. The third kappa shape index (κ3) is 3.12. The van der Waals surface area contributed by atoms with Crippen LogP contribution in [0, 0.1) is 5.82 Å². The minimum Gasteiger partial charge on any atom is -0.448 e. The summed E-state index contributed by atoms with van der Waals surface area (Å²) < 4.78 is 18.6. The molecule has 5 heteroatoms. The highest BCUT2D eigenvalue weighted by molar-refractivity contribution is 5.96. The van der Waals surface area contributed by atoms with Crippen LogP contribution in [0.4, 0.5) is 4.39 Å². The molecule has 1 amide bonds. The summed E-state index contributed by atoms with van der Waals surface area (Å²) in [6.07, 6.45) is 0.886.